The van der Waals surface area contributed by atoms with Gasteiger partial charge in [-0.2, -0.15) is 24.9 Å². The Morgan fingerprint density at radius 2 is 2.11 bits per heavy atom. The third-order valence-electron chi connectivity index (χ3n) is 3.07. The summed E-state index contributed by atoms with van der Waals surface area (Å²) in [4.78, 5) is 0. The molecule has 18 heavy (non-hydrogen) atoms. The Kier molecular flexibility index (Phi) is 4.10. The molecule has 1 aromatic carbocycles. The molecule has 1 N–H and O–H groups in total. The van der Waals surface area contributed by atoms with Crippen LogP contribution < -0.4 is 5.32 Å². The topological polar surface area (TPSA) is 12.0 Å². The van der Waals surface area contributed by atoms with Crippen molar-refractivity contribution in [3.8, 4) is 0 Å². The number of hydrogen-bond acceptors (Lipinski definition) is 2. The molecule has 1 aromatic rings. The average molecular weight is 275 g/mol. The number of anilines is 1. The smallest absolute Gasteiger partial charge is 0.381 e. The number of halogens is 3. The summed E-state index contributed by atoms with van der Waals surface area (Å²) in [7, 11) is 0. The van der Waals surface area contributed by atoms with E-state index in [0.717, 1.165) is 24.3 Å². The molecule has 0 spiro atoms. The second-order valence-corrected chi connectivity index (χ2v) is 5.74. The zero-order chi connectivity index (χ0) is 13.2. The first-order chi connectivity index (χ1) is 8.47. The van der Waals surface area contributed by atoms with Gasteiger partial charge in [-0.15, -0.1) is 0 Å². The maximum absolute atomic E-state index is 12.8. The molecular weight excluding hydrogens is 259 g/mol. The van der Waals surface area contributed by atoms with Crippen LogP contribution in [0.25, 0.3) is 0 Å². The summed E-state index contributed by atoms with van der Waals surface area (Å²) in [5, 5.41) is 3.20. The fourth-order valence-electron chi connectivity index (χ4n) is 2.11. The summed E-state index contributed by atoms with van der Waals surface area (Å²) in [6, 6.07) is 4.76. The zero-order valence-corrected chi connectivity index (χ0v) is 11.0. The van der Waals surface area contributed by atoms with Gasteiger partial charge in [0.25, 0.3) is 0 Å². The normalized spacial score (nSPS) is 20.8. The first-order valence-electron chi connectivity index (χ1n) is 5.99. The monoisotopic (exact) mass is 275 g/mol. The van der Waals surface area contributed by atoms with E-state index in [1.165, 1.54) is 19.1 Å². The largest absolute Gasteiger partial charge is 0.416 e. The lowest BCUT2D eigenvalue weighted by Gasteiger charge is -2.24. The summed E-state index contributed by atoms with van der Waals surface area (Å²) in [6.45, 7) is 1.49. The Bertz CT molecular complexity index is 411. The Morgan fingerprint density at radius 3 is 2.72 bits per heavy atom. The van der Waals surface area contributed by atoms with Gasteiger partial charge in [0.05, 0.1) is 5.56 Å². The lowest BCUT2D eigenvalue weighted by atomic mass is 10.1. The summed E-state index contributed by atoms with van der Waals surface area (Å²) < 4.78 is 38.3. The molecule has 0 amide bonds. The van der Waals surface area contributed by atoms with Gasteiger partial charge in [0.1, 0.15) is 0 Å². The van der Waals surface area contributed by atoms with Crippen LogP contribution in [0.5, 0.6) is 0 Å². The molecule has 0 radical (unpaired) electrons. The van der Waals surface area contributed by atoms with E-state index in [4.69, 9.17) is 0 Å². The number of rotatable bonds is 2. The molecule has 0 saturated carbocycles. The van der Waals surface area contributed by atoms with Gasteiger partial charge >= 0.3 is 6.18 Å². The average Bonchev–Trinajstić information content (AvgIpc) is 2.31. The second-order valence-electron chi connectivity index (χ2n) is 4.59. The molecule has 1 nitrogen and oxygen atoms in total. The van der Waals surface area contributed by atoms with E-state index in [2.05, 4.69) is 5.32 Å². The zero-order valence-electron chi connectivity index (χ0n) is 10.2. The molecule has 5 heteroatoms. The summed E-state index contributed by atoms with van der Waals surface area (Å²) in [5.74, 6) is 2.12. The third kappa shape index (κ3) is 3.34. The summed E-state index contributed by atoms with van der Waals surface area (Å²) in [5.41, 5.74) is 0.294. The highest BCUT2D eigenvalue weighted by molar-refractivity contribution is 7.99. The number of aryl methyl sites for hydroxylation is 1. The van der Waals surface area contributed by atoms with Crippen LogP contribution in [0.2, 0.25) is 0 Å². The Hall–Kier alpha value is -0.840. The maximum Gasteiger partial charge on any atom is 0.416 e. The Balaban J connectivity index is 2.14. The number of nitrogens with one attached hydrogen (secondary N) is 1. The minimum Gasteiger partial charge on any atom is -0.381 e. The van der Waals surface area contributed by atoms with E-state index in [-0.39, 0.29) is 11.6 Å². The minimum absolute atomic E-state index is 0.270. The van der Waals surface area contributed by atoms with E-state index >= 15 is 0 Å². The van der Waals surface area contributed by atoms with Crippen LogP contribution in [0, 0.1) is 6.92 Å². The molecule has 1 saturated heterocycles. The molecule has 2 rings (SSSR count). The van der Waals surface area contributed by atoms with E-state index < -0.39 is 11.7 Å². The van der Waals surface area contributed by atoms with Crippen molar-refractivity contribution in [2.75, 3.05) is 16.8 Å². The van der Waals surface area contributed by atoms with Crippen LogP contribution in [0.4, 0.5) is 18.9 Å². The van der Waals surface area contributed by atoms with Crippen molar-refractivity contribution in [3.63, 3.8) is 0 Å². The van der Waals surface area contributed by atoms with Gasteiger partial charge in [-0.3, -0.25) is 0 Å². The maximum atomic E-state index is 12.8. The molecule has 1 aliphatic rings. The van der Waals surface area contributed by atoms with E-state index in [0.29, 0.717) is 5.69 Å². The fourth-order valence-corrected chi connectivity index (χ4v) is 3.18. The van der Waals surface area contributed by atoms with Crippen molar-refractivity contribution in [1.82, 2.24) is 0 Å². The van der Waals surface area contributed by atoms with Crippen molar-refractivity contribution >= 4 is 17.4 Å². The predicted octanol–water partition coefficient (Wildman–Crippen LogP) is 4.32. The van der Waals surface area contributed by atoms with Gasteiger partial charge in [0.2, 0.25) is 0 Å². The van der Waals surface area contributed by atoms with E-state index in [1.807, 2.05) is 11.8 Å². The van der Waals surface area contributed by atoms with Gasteiger partial charge in [-0.05, 0) is 43.2 Å². The van der Waals surface area contributed by atoms with E-state index in [1.54, 1.807) is 6.07 Å². The van der Waals surface area contributed by atoms with Gasteiger partial charge in [-0.25, -0.2) is 0 Å². The van der Waals surface area contributed by atoms with Crippen molar-refractivity contribution in [3.05, 3.63) is 29.3 Å². The fraction of sp³-hybridized carbons (Fsp3) is 0.538. The Labute approximate surface area is 109 Å². The number of benzene rings is 1. The van der Waals surface area contributed by atoms with Crippen LogP contribution in [-0.4, -0.2) is 17.5 Å². The molecule has 1 unspecified atom stereocenters. The minimum atomic E-state index is -4.27. The Morgan fingerprint density at radius 1 is 1.33 bits per heavy atom. The quantitative estimate of drug-likeness (QED) is 0.862. The van der Waals surface area contributed by atoms with Crippen molar-refractivity contribution < 1.29 is 13.2 Å². The molecule has 1 heterocycles. The molecule has 0 aromatic heterocycles. The highest BCUT2D eigenvalue weighted by atomic mass is 32.2. The lowest BCUT2D eigenvalue weighted by Crippen LogP contribution is -2.25. The third-order valence-corrected chi connectivity index (χ3v) is 4.29. The van der Waals surface area contributed by atoms with E-state index in [9.17, 15) is 13.2 Å². The molecule has 0 bridgehead atoms. The summed E-state index contributed by atoms with van der Waals surface area (Å²) >= 11 is 1.85. The molecule has 1 aliphatic heterocycles. The first kappa shape index (κ1) is 13.6. The standard InChI is InChI=1S/C13H16F3NS/c1-9-4-5-10(7-12(9)13(14,15)16)17-11-3-2-6-18-8-11/h4-5,7,11,17H,2-3,6,8H2,1H3. The van der Waals surface area contributed by atoms with Gasteiger partial charge in [0.15, 0.2) is 0 Å². The van der Waals surface area contributed by atoms with Crippen LogP contribution in [-0.2, 0) is 6.18 Å². The number of hydrogen-bond donors (Lipinski definition) is 1. The summed E-state index contributed by atoms with van der Waals surface area (Å²) in [6.07, 6.45) is -2.12. The number of thioether (sulfide) groups is 1. The van der Waals surface area contributed by atoms with Crippen LogP contribution in [0.15, 0.2) is 18.2 Å². The van der Waals surface area contributed by atoms with Crippen molar-refractivity contribution in [2.45, 2.75) is 32.0 Å². The van der Waals surface area contributed by atoms with Gasteiger partial charge in [0, 0.05) is 17.5 Å². The van der Waals surface area contributed by atoms with Crippen LogP contribution in [0.3, 0.4) is 0 Å². The van der Waals surface area contributed by atoms with Crippen LogP contribution >= 0.6 is 11.8 Å². The highest BCUT2D eigenvalue weighted by Gasteiger charge is 2.32. The SMILES string of the molecule is Cc1ccc(NC2CCCSC2)cc1C(F)(F)F. The predicted molar refractivity (Wildman–Crippen MR) is 70.2 cm³/mol. The lowest BCUT2D eigenvalue weighted by molar-refractivity contribution is -0.138. The highest BCUT2D eigenvalue weighted by Crippen LogP contribution is 2.34. The second kappa shape index (κ2) is 5.43. The molecule has 0 aliphatic carbocycles. The van der Waals surface area contributed by atoms with Crippen molar-refractivity contribution in [2.24, 2.45) is 0 Å². The van der Waals surface area contributed by atoms with Crippen LogP contribution in [0.1, 0.15) is 24.0 Å². The number of alkyl halides is 3. The van der Waals surface area contributed by atoms with Crippen molar-refractivity contribution in [1.29, 1.82) is 0 Å². The first-order valence-corrected chi connectivity index (χ1v) is 7.14. The van der Waals surface area contributed by atoms with Gasteiger partial charge < -0.3 is 5.32 Å². The van der Waals surface area contributed by atoms with Gasteiger partial charge in [-0.1, -0.05) is 6.07 Å². The molecule has 1 atom stereocenters. The molecular formula is C13H16F3NS. The molecule has 100 valence electrons. The molecule has 1 fully saturated rings.